The third-order valence-electron chi connectivity index (χ3n) is 8.14. The Labute approximate surface area is 251 Å². The van der Waals surface area contributed by atoms with Crippen LogP contribution in [0.4, 0.5) is 11.6 Å². The van der Waals surface area contributed by atoms with Gasteiger partial charge in [-0.05, 0) is 13.0 Å². The molecule has 2 saturated heterocycles. The van der Waals surface area contributed by atoms with Crippen molar-refractivity contribution < 1.29 is 34.6 Å². The number of nitrogen functional groups attached to an aromatic ring is 2. The van der Waals surface area contributed by atoms with Gasteiger partial charge in [0.1, 0.15) is 60.3 Å². The van der Waals surface area contributed by atoms with Crippen LogP contribution in [0.5, 0.6) is 0 Å². The van der Waals surface area contributed by atoms with Crippen LogP contribution in [0.2, 0.25) is 0 Å². The van der Waals surface area contributed by atoms with Gasteiger partial charge in [0.2, 0.25) is 0 Å². The van der Waals surface area contributed by atoms with Crippen LogP contribution in [-0.4, -0.2) is 134 Å². The van der Waals surface area contributed by atoms with Gasteiger partial charge in [0.05, 0.1) is 25.9 Å². The Balaban J connectivity index is 1.14. The number of anilines is 2. The predicted octanol–water partition coefficient (Wildman–Crippen LogP) is -1.81. The molecule has 8 N–H and O–H groups in total. The van der Waals surface area contributed by atoms with E-state index in [1.54, 1.807) is 4.57 Å². The van der Waals surface area contributed by atoms with Gasteiger partial charge in [-0.25, -0.2) is 29.9 Å². The molecule has 6 heterocycles. The van der Waals surface area contributed by atoms with Crippen LogP contribution in [0.25, 0.3) is 22.3 Å². The van der Waals surface area contributed by atoms with Crippen molar-refractivity contribution in [2.75, 3.05) is 44.3 Å². The summed E-state index contributed by atoms with van der Waals surface area (Å²) < 4.78 is 21.4. The molecule has 2 aliphatic rings. The largest absolute Gasteiger partial charge is 0.394 e. The number of unbranched alkanes of at least 4 members (excludes halogenated alkanes) is 1. The third kappa shape index (κ3) is 5.54. The van der Waals surface area contributed by atoms with E-state index < -0.39 is 55.7 Å². The number of ether oxygens (including phenoxy) is 3. The van der Waals surface area contributed by atoms with Crippen molar-refractivity contribution in [3.63, 3.8) is 0 Å². The molecule has 2 aliphatic heterocycles. The highest BCUT2D eigenvalue weighted by Gasteiger charge is 2.47. The lowest BCUT2D eigenvalue weighted by molar-refractivity contribution is -0.0778. The Hall–Kier alpha value is -3.62. The molecule has 18 heteroatoms. The molecule has 4 aromatic rings. The molecule has 0 amide bonds. The summed E-state index contributed by atoms with van der Waals surface area (Å²) in [6.07, 6.45) is -0.367. The van der Waals surface area contributed by atoms with Gasteiger partial charge in [-0.15, -0.1) is 0 Å². The van der Waals surface area contributed by atoms with Crippen molar-refractivity contribution in [2.24, 2.45) is 0 Å². The Morgan fingerprint density at radius 2 is 1.43 bits per heavy atom. The van der Waals surface area contributed by atoms with Crippen molar-refractivity contribution in [3.05, 3.63) is 25.3 Å². The number of aromatic nitrogens is 8. The molecule has 0 saturated carbocycles. The zero-order valence-electron chi connectivity index (χ0n) is 24.1. The molecule has 0 spiro atoms. The lowest BCUT2D eigenvalue weighted by atomic mass is 10.1. The number of hydrogen-bond donors (Lipinski definition) is 6. The quantitative estimate of drug-likeness (QED) is 0.103. The third-order valence-corrected chi connectivity index (χ3v) is 8.14. The van der Waals surface area contributed by atoms with Gasteiger partial charge in [-0.2, -0.15) is 0 Å². The fraction of sp³-hybridized carbons (Fsp3) is 0.615. The first-order chi connectivity index (χ1) is 21.3. The molecule has 4 aromatic heterocycles. The summed E-state index contributed by atoms with van der Waals surface area (Å²) in [6.45, 7) is 3.26. The molecule has 6 rings (SSSR count). The van der Waals surface area contributed by atoms with E-state index in [1.807, 2.05) is 0 Å². The smallest absolute Gasteiger partial charge is 0.167 e. The molecular formula is C26H37N11O7. The summed E-state index contributed by atoms with van der Waals surface area (Å²) >= 11 is 0. The van der Waals surface area contributed by atoms with Gasteiger partial charge < -0.3 is 46.1 Å². The number of rotatable bonds is 12. The van der Waals surface area contributed by atoms with E-state index in [1.165, 1.54) is 29.9 Å². The van der Waals surface area contributed by atoms with Crippen molar-refractivity contribution >= 4 is 34.0 Å². The maximum Gasteiger partial charge on any atom is 0.167 e. The molecule has 2 fully saturated rings. The first-order valence-corrected chi connectivity index (χ1v) is 14.5. The second-order valence-electron chi connectivity index (χ2n) is 10.9. The Kier molecular flexibility index (Phi) is 8.83. The van der Waals surface area contributed by atoms with Gasteiger partial charge in [0.25, 0.3) is 0 Å². The van der Waals surface area contributed by atoms with Crippen molar-refractivity contribution in [2.45, 2.75) is 68.8 Å². The molecule has 238 valence electrons. The van der Waals surface area contributed by atoms with E-state index in [9.17, 15) is 20.4 Å². The maximum atomic E-state index is 10.9. The Morgan fingerprint density at radius 3 is 2.05 bits per heavy atom. The average molecular weight is 616 g/mol. The van der Waals surface area contributed by atoms with Gasteiger partial charge in [0, 0.05) is 13.1 Å². The summed E-state index contributed by atoms with van der Waals surface area (Å²) in [5, 5.41) is 42.6. The second-order valence-corrected chi connectivity index (χ2v) is 10.9. The van der Waals surface area contributed by atoms with E-state index >= 15 is 0 Å². The first kappa shape index (κ1) is 30.4. The SMILES string of the molecule is CCCCN(CCO[C@@H]1[C@H](O)[C@@H](CO)O[C@H]1n1cnc2c(N)ncnc21)C[C@H]1O[C@@H](n2cnc3c(N)ncnc32)[C@H](O)[C@@H]1O. The second kappa shape index (κ2) is 12.8. The molecule has 0 bridgehead atoms. The zero-order valence-corrected chi connectivity index (χ0v) is 24.1. The molecule has 0 unspecified atom stereocenters. The molecule has 44 heavy (non-hydrogen) atoms. The number of imidazole rings is 2. The molecule has 18 nitrogen and oxygen atoms in total. The highest BCUT2D eigenvalue weighted by atomic mass is 16.6. The van der Waals surface area contributed by atoms with E-state index in [2.05, 4.69) is 41.7 Å². The molecule has 8 atom stereocenters. The van der Waals surface area contributed by atoms with Crippen LogP contribution in [0.3, 0.4) is 0 Å². The van der Waals surface area contributed by atoms with Crippen LogP contribution in [0, 0.1) is 0 Å². The number of fused-ring (bicyclic) bond motifs is 2. The maximum absolute atomic E-state index is 10.9. The summed E-state index contributed by atoms with van der Waals surface area (Å²) in [6, 6.07) is 0. The number of nitrogens with zero attached hydrogens (tertiary/aromatic N) is 9. The van der Waals surface area contributed by atoms with Crippen LogP contribution in [-0.2, 0) is 14.2 Å². The molecular weight excluding hydrogens is 578 g/mol. The lowest BCUT2D eigenvalue weighted by Crippen LogP contribution is -2.42. The van der Waals surface area contributed by atoms with Gasteiger partial charge in [-0.1, -0.05) is 13.3 Å². The summed E-state index contributed by atoms with van der Waals surface area (Å²) in [7, 11) is 0. The fourth-order valence-electron chi connectivity index (χ4n) is 5.74. The van der Waals surface area contributed by atoms with Crippen LogP contribution >= 0.6 is 0 Å². The normalized spacial score (nSPS) is 29.0. The summed E-state index contributed by atoms with van der Waals surface area (Å²) in [5.41, 5.74) is 13.4. The topological polar surface area (TPSA) is 251 Å². The van der Waals surface area contributed by atoms with E-state index in [4.69, 9.17) is 25.7 Å². The predicted molar refractivity (Wildman–Crippen MR) is 153 cm³/mol. The van der Waals surface area contributed by atoms with E-state index in [0.29, 0.717) is 42.0 Å². The molecule has 0 aliphatic carbocycles. The van der Waals surface area contributed by atoms with Crippen molar-refractivity contribution in [1.29, 1.82) is 0 Å². The standard InChI is InChI=1S/C26H37N11O7/c1-2-3-4-35(7-13-17(39)19(41)25(43-13)36-11-33-15-21(27)29-9-31-23(15)36)5-6-42-20-18(40)14(8-38)44-26(20)37-12-34-16-22(28)30-10-32-24(16)37/h9-14,17-20,25-26,38-41H,2-8H2,1H3,(H2,27,29,31)(H2,28,30,32)/t13-,14-,17-,18-,19-,20-,25-,26-/m1/s1. The van der Waals surface area contributed by atoms with Crippen molar-refractivity contribution in [3.8, 4) is 0 Å². The minimum Gasteiger partial charge on any atom is -0.394 e. The minimum atomic E-state index is -1.23. The highest BCUT2D eigenvalue weighted by Crippen LogP contribution is 2.35. The van der Waals surface area contributed by atoms with Gasteiger partial charge in [0.15, 0.2) is 35.4 Å². The van der Waals surface area contributed by atoms with Crippen LogP contribution in [0.1, 0.15) is 32.2 Å². The zero-order chi connectivity index (χ0) is 31.0. The number of hydrogen-bond acceptors (Lipinski definition) is 16. The van der Waals surface area contributed by atoms with Gasteiger partial charge in [-0.3, -0.25) is 14.0 Å². The highest BCUT2D eigenvalue weighted by molar-refractivity contribution is 5.81. The first-order valence-electron chi connectivity index (χ1n) is 14.5. The molecule has 0 aromatic carbocycles. The van der Waals surface area contributed by atoms with Crippen molar-refractivity contribution in [1.82, 2.24) is 43.9 Å². The number of aliphatic hydroxyl groups excluding tert-OH is 4. The van der Waals surface area contributed by atoms with Crippen LogP contribution < -0.4 is 11.5 Å². The summed E-state index contributed by atoms with van der Waals surface area (Å²) in [4.78, 5) is 27.0. The van der Waals surface area contributed by atoms with E-state index in [0.717, 1.165) is 12.8 Å². The monoisotopic (exact) mass is 615 g/mol. The number of nitrogens with two attached hydrogens (primary N) is 2. The average Bonchev–Trinajstić information content (AvgIpc) is 3.78. The van der Waals surface area contributed by atoms with Crippen LogP contribution in [0.15, 0.2) is 25.3 Å². The molecule has 0 radical (unpaired) electrons. The minimum absolute atomic E-state index is 0.185. The lowest BCUT2D eigenvalue weighted by Gasteiger charge is -2.28. The summed E-state index contributed by atoms with van der Waals surface area (Å²) in [5.74, 6) is 0.408. The fourth-order valence-corrected chi connectivity index (χ4v) is 5.74. The Bertz CT molecular complexity index is 1570. The Morgan fingerprint density at radius 1 is 0.818 bits per heavy atom. The van der Waals surface area contributed by atoms with E-state index in [-0.39, 0.29) is 18.2 Å². The van der Waals surface area contributed by atoms with Gasteiger partial charge >= 0.3 is 0 Å². The number of aliphatic hydroxyl groups is 4.